The van der Waals surface area contributed by atoms with Gasteiger partial charge in [-0.25, -0.2) is 0 Å². The van der Waals surface area contributed by atoms with Crippen LogP contribution in [-0.2, 0) is 12.8 Å². The number of hydrogen-bond donors (Lipinski definition) is 0. The Bertz CT molecular complexity index is 1800. The van der Waals surface area contributed by atoms with Gasteiger partial charge in [-0.2, -0.15) is 0 Å². The minimum absolute atomic E-state index is 0.922. The molecule has 0 atom stereocenters. The molecule has 7 aromatic rings. The lowest BCUT2D eigenvalue weighted by atomic mass is 9.84. The summed E-state index contributed by atoms with van der Waals surface area (Å²) in [7, 11) is 0. The SMILES string of the molecule is c1ccc(Cc2ccc3ccc4c(Cc5ccccc5)cc(-c5ccccc5)c5ccc2c3c45)cc1. The minimum atomic E-state index is 0.922. The van der Waals surface area contributed by atoms with Gasteiger partial charge >= 0.3 is 0 Å². The summed E-state index contributed by atoms with van der Waals surface area (Å²) in [6.45, 7) is 0. The van der Waals surface area contributed by atoms with Crippen LogP contribution in [0.25, 0.3) is 43.4 Å². The van der Waals surface area contributed by atoms with Crippen molar-refractivity contribution >= 4 is 32.3 Å². The van der Waals surface area contributed by atoms with Crippen molar-refractivity contribution in [1.29, 1.82) is 0 Å². The molecule has 0 heteroatoms. The average Bonchev–Trinajstić information content (AvgIpc) is 2.94. The summed E-state index contributed by atoms with van der Waals surface area (Å²) in [5.74, 6) is 0. The summed E-state index contributed by atoms with van der Waals surface area (Å²) in [4.78, 5) is 0. The zero-order valence-electron chi connectivity index (χ0n) is 20.1. The smallest absolute Gasteiger partial charge is 0.00176 e. The van der Waals surface area contributed by atoms with Gasteiger partial charge in [0.05, 0.1) is 0 Å². The molecular formula is C36H26. The second kappa shape index (κ2) is 8.66. The first kappa shape index (κ1) is 20.9. The normalized spacial score (nSPS) is 11.6. The van der Waals surface area contributed by atoms with Gasteiger partial charge in [0.1, 0.15) is 0 Å². The first-order valence-corrected chi connectivity index (χ1v) is 12.7. The Hall–Kier alpha value is -4.42. The van der Waals surface area contributed by atoms with Crippen molar-refractivity contribution in [1.82, 2.24) is 0 Å². The van der Waals surface area contributed by atoms with E-state index in [-0.39, 0.29) is 0 Å². The second-order valence-corrected chi connectivity index (χ2v) is 9.75. The first-order valence-electron chi connectivity index (χ1n) is 12.7. The summed E-state index contributed by atoms with van der Waals surface area (Å²) >= 11 is 0. The maximum atomic E-state index is 2.43. The lowest BCUT2D eigenvalue weighted by Gasteiger charge is -2.19. The van der Waals surface area contributed by atoms with E-state index in [0.29, 0.717) is 0 Å². The van der Waals surface area contributed by atoms with Gasteiger partial charge in [-0.3, -0.25) is 0 Å². The highest BCUT2D eigenvalue weighted by Crippen LogP contribution is 2.42. The molecule has 0 saturated carbocycles. The van der Waals surface area contributed by atoms with Crippen LogP contribution in [0.1, 0.15) is 22.3 Å². The second-order valence-electron chi connectivity index (χ2n) is 9.75. The standard InChI is InChI=1S/C36H26/c1-4-10-25(11-5-1)22-29-17-16-28-18-19-32-30(23-26-12-6-2-7-13-26)24-34(27-14-8-3-9-15-27)33-21-20-31(29)35(28)36(32)33/h1-21,24H,22-23H2. The quantitative estimate of drug-likeness (QED) is 0.225. The molecule has 0 aliphatic carbocycles. The third kappa shape index (κ3) is 3.54. The molecule has 0 aliphatic heterocycles. The lowest BCUT2D eigenvalue weighted by Crippen LogP contribution is -1.96. The minimum Gasteiger partial charge on any atom is -0.0622 e. The van der Waals surface area contributed by atoms with Crippen molar-refractivity contribution in [2.45, 2.75) is 12.8 Å². The summed E-state index contributed by atoms with van der Waals surface area (Å²) in [6.07, 6.45) is 1.86. The van der Waals surface area contributed by atoms with E-state index in [0.717, 1.165) is 12.8 Å². The van der Waals surface area contributed by atoms with E-state index in [4.69, 9.17) is 0 Å². The first-order chi connectivity index (χ1) is 17.8. The fourth-order valence-electron chi connectivity index (χ4n) is 5.82. The molecule has 0 amide bonds. The van der Waals surface area contributed by atoms with E-state index in [1.165, 1.54) is 65.7 Å². The van der Waals surface area contributed by atoms with Gasteiger partial charge in [0, 0.05) is 0 Å². The van der Waals surface area contributed by atoms with Crippen LogP contribution < -0.4 is 0 Å². The Morgan fingerprint density at radius 3 is 1.61 bits per heavy atom. The van der Waals surface area contributed by atoms with Crippen molar-refractivity contribution < 1.29 is 0 Å². The molecule has 0 nitrogen and oxygen atoms in total. The van der Waals surface area contributed by atoms with E-state index in [1.54, 1.807) is 0 Å². The van der Waals surface area contributed by atoms with Crippen molar-refractivity contribution in [3.05, 3.63) is 156 Å². The molecule has 0 unspecified atom stereocenters. The van der Waals surface area contributed by atoms with Crippen LogP contribution in [0.3, 0.4) is 0 Å². The summed E-state index contributed by atoms with van der Waals surface area (Å²) in [5.41, 5.74) is 8.05. The predicted molar refractivity (Wildman–Crippen MR) is 154 cm³/mol. The van der Waals surface area contributed by atoms with Crippen LogP contribution in [0.15, 0.2) is 133 Å². The monoisotopic (exact) mass is 458 g/mol. The van der Waals surface area contributed by atoms with Crippen LogP contribution in [0.2, 0.25) is 0 Å². The summed E-state index contributed by atoms with van der Waals surface area (Å²) in [5, 5.41) is 8.17. The number of hydrogen-bond acceptors (Lipinski definition) is 0. The molecule has 7 rings (SSSR count). The Labute approximate surface area is 211 Å². The molecule has 7 aromatic carbocycles. The van der Waals surface area contributed by atoms with Crippen LogP contribution >= 0.6 is 0 Å². The molecule has 0 bridgehead atoms. The van der Waals surface area contributed by atoms with Gasteiger partial charge in [0.2, 0.25) is 0 Å². The third-order valence-corrected chi connectivity index (χ3v) is 7.52. The average molecular weight is 459 g/mol. The molecule has 0 heterocycles. The summed E-state index contributed by atoms with van der Waals surface area (Å²) in [6, 6.07) is 48.9. The highest BCUT2D eigenvalue weighted by atomic mass is 14.2. The molecule has 0 radical (unpaired) electrons. The van der Waals surface area contributed by atoms with Gasteiger partial charge in [-0.15, -0.1) is 0 Å². The van der Waals surface area contributed by atoms with Crippen LogP contribution in [0, 0.1) is 0 Å². The Morgan fingerprint density at radius 1 is 0.389 bits per heavy atom. The molecule has 0 saturated heterocycles. The Balaban J connectivity index is 1.53. The highest BCUT2D eigenvalue weighted by molar-refractivity contribution is 6.26. The largest absolute Gasteiger partial charge is 0.0622 e. The zero-order valence-corrected chi connectivity index (χ0v) is 20.1. The maximum absolute atomic E-state index is 2.43. The summed E-state index contributed by atoms with van der Waals surface area (Å²) < 4.78 is 0. The van der Waals surface area contributed by atoms with Gasteiger partial charge in [-0.05, 0) is 84.6 Å². The molecule has 0 aromatic heterocycles. The Kier molecular flexibility index (Phi) is 5.03. The van der Waals surface area contributed by atoms with Crippen LogP contribution in [0.5, 0.6) is 0 Å². The molecule has 36 heavy (non-hydrogen) atoms. The zero-order chi connectivity index (χ0) is 23.9. The molecule has 0 N–H and O–H groups in total. The van der Waals surface area contributed by atoms with Crippen molar-refractivity contribution in [2.75, 3.05) is 0 Å². The molecule has 0 aliphatic rings. The lowest BCUT2D eigenvalue weighted by molar-refractivity contribution is 1.21. The highest BCUT2D eigenvalue weighted by Gasteiger charge is 2.17. The van der Waals surface area contributed by atoms with Gasteiger partial charge in [-0.1, -0.05) is 127 Å². The number of benzene rings is 7. The van der Waals surface area contributed by atoms with Gasteiger partial charge in [0.15, 0.2) is 0 Å². The maximum Gasteiger partial charge on any atom is -0.00176 e. The van der Waals surface area contributed by atoms with Crippen molar-refractivity contribution in [3.63, 3.8) is 0 Å². The van der Waals surface area contributed by atoms with E-state index in [9.17, 15) is 0 Å². The molecular weight excluding hydrogens is 432 g/mol. The fourth-order valence-corrected chi connectivity index (χ4v) is 5.82. The predicted octanol–water partition coefficient (Wildman–Crippen LogP) is 9.43. The van der Waals surface area contributed by atoms with Crippen LogP contribution in [0.4, 0.5) is 0 Å². The van der Waals surface area contributed by atoms with E-state index in [1.807, 2.05) is 0 Å². The van der Waals surface area contributed by atoms with E-state index >= 15 is 0 Å². The number of rotatable bonds is 5. The third-order valence-electron chi connectivity index (χ3n) is 7.52. The van der Waals surface area contributed by atoms with E-state index < -0.39 is 0 Å². The van der Waals surface area contributed by atoms with E-state index in [2.05, 4.69) is 133 Å². The van der Waals surface area contributed by atoms with Crippen molar-refractivity contribution in [3.8, 4) is 11.1 Å². The van der Waals surface area contributed by atoms with Crippen molar-refractivity contribution in [2.24, 2.45) is 0 Å². The molecule has 0 fully saturated rings. The van der Waals surface area contributed by atoms with Gasteiger partial charge < -0.3 is 0 Å². The molecule has 170 valence electrons. The van der Waals surface area contributed by atoms with Crippen LogP contribution in [-0.4, -0.2) is 0 Å². The fraction of sp³-hybridized carbons (Fsp3) is 0.0556. The van der Waals surface area contributed by atoms with Gasteiger partial charge in [0.25, 0.3) is 0 Å². The molecule has 0 spiro atoms. The Morgan fingerprint density at radius 2 is 0.917 bits per heavy atom. The topological polar surface area (TPSA) is 0 Å².